The third-order valence-corrected chi connectivity index (χ3v) is 12.5. The summed E-state index contributed by atoms with van der Waals surface area (Å²) in [6.07, 6.45) is -4.67. The van der Waals surface area contributed by atoms with Crippen LogP contribution in [0.15, 0.2) is 106 Å². The Morgan fingerprint density at radius 1 is 0.667 bits per heavy atom. The summed E-state index contributed by atoms with van der Waals surface area (Å²) in [5, 5.41) is 16.0. The van der Waals surface area contributed by atoms with E-state index in [-0.39, 0.29) is 16.7 Å². The molecule has 7 aromatic rings. The van der Waals surface area contributed by atoms with Gasteiger partial charge in [0.15, 0.2) is 0 Å². The summed E-state index contributed by atoms with van der Waals surface area (Å²) in [5.74, 6) is -1.70. The smallest absolute Gasteiger partial charge is 0.417 e. The molecule has 0 bridgehead atoms. The molecule has 17 heteroatoms. The molecule has 57 heavy (non-hydrogen) atoms. The van der Waals surface area contributed by atoms with Crippen LogP contribution in [0.2, 0.25) is 25.1 Å². The minimum Gasteiger partial charge on any atom is -0.478 e. The summed E-state index contributed by atoms with van der Waals surface area (Å²) >= 11 is 36.2. The molecule has 0 saturated heterocycles. The number of carbonyl (C=O) groups is 2. The molecule has 0 spiro atoms. The number of halogens is 9. The number of carboxylic acids is 1. The van der Waals surface area contributed by atoms with Gasteiger partial charge in [-0.2, -0.15) is 13.2 Å². The number of methoxy groups -OCH3 is 1. The van der Waals surface area contributed by atoms with Gasteiger partial charge in [0.05, 0.1) is 60.3 Å². The van der Waals surface area contributed by atoms with Gasteiger partial charge in [-0.05, 0) is 70.0 Å². The Kier molecular flexibility index (Phi) is 13.4. The number of esters is 1. The Hall–Kier alpha value is -3.98. The Morgan fingerprint density at radius 3 is 1.67 bits per heavy atom. The van der Waals surface area contributed by atoms with Crippen molar-refractivity contribution in [2.45, 2.75) is 6.18 Å². The Labute approximate surface area is 364 Å². The maximum absolute atomic E-state index is 13.3. The van der Waals surface area contributed by atoms with E-state index in [1.165, 1.54) is 54.0 Å². The highest BCUT2D eigenvalue weighted by Gasteiger charge is 2.34. The lowest BCUT2D eigenvalue weighted by Crippen LogP contribution is -2.07. The monoisotopic (exact) mass is 968 g/mol. The van der Waals surface area contributed by atoms with Crippen molar-refractivity contribution in [2.75, 3.05) is 7.11 Å². The first kappa shape index (κ1) is 42.6. The van der Waals surface area contributed by atoms with E-state index in [1.54, 1.807) is 47.8 Å². The number of alkyl halides is 3. The van der Waals surface area contributed by atoms with Crippen molar-refractivity contribution < 1.29 is 32.6 Å². The molecule has 0 fully saturated rings. The van der Waals surface area contributed by atoms with Gasteiger partial charge in [-0.25, -0.2) is 19.6 Å². The predicted molar refractivity (Wildman–Crippen MR) is 227 cm³/mol. The maximum Gasteiger partial charge on any atom is 0.417 e. The van der Waals surface area contributed by atoms with E-state index in [4.69, 9.17) is 62.7 Å². The van der Waals surface area contributed by atoms with Crippen LogP contribution in [0.5, 0.6) is 0 Å². The van der Waals surface area contributed by atoms with E-state index in [9.17, 15) is 27.9 Å². The lowest BCUT2D eigenvalue weighted by atomic mass is 9.96. The molecule has 0 unspecified atom stereocenters. The highest BCUT2D eigenvalue weighted by atomic mass is 79.9. The average Bonchev–Trinajstić information content (AvgIpc) is 3.88. The molecule has 0 atom stereocenters. The second-order valence-corrected chi connectivity index (χ2v) is 16.3. The highest BCUT2D eigenvalue weighted by Crippen LogP contribution is 2.42. The van der Waals surface area contributed by atoms with Crippen LogP contribution >= 0.6 is 96.6 Å². The van der Waals surface area contributed by atoms with Crippen LogP contribution in [0.1, 0.15) is 26.3 Å². The van der Waals surface area contributed by atoms with Gasteiger partial charge in [0.2, 0.25) is 0 Å². The number of ether oxygens (including phenoxy) is 1. The molecule has 0 aliphatic heterocycles. The van der Waals surface area contributed by atoms with Crippen molar-refractivity contribution in [1.29, 1.82) is 0 Å². The highest BCUT2D eigenvalue weighted by molar-refractivity contribution is 9.10. The first-order valence-corrected chi connectivity index (χ1v) is 20.4. The van der Waals surface area contributed by atoms with Crippen LogP contribution in [0.4, 0.5) is 13.2 Å². The second kappa shape index (κ2) is 17.9. The number of benzene rings is 5. The van der Waals surface area contributed by atoms with Gasteiger partial charge in [0.1, 0.15) is 10.0 Å². The lowest BCUT2D eigenvalue weighted by Gasteiger charge is -2.14. The zero-order chi connectivity index (χ0) is 41.2. The molecule has 7 rings (SSSR count). The molecule has 0 radical (unpaired) electrons. The molecule has 290 valence electrons. The topological polar surface area (TPSA) is 89.4 Å². The number of rotatable bonds is 7. The van der Waals surface area contributed by atoms with Gasteiger partial charge in [-0.1, -0.05) is 100 Å². The Balaban J connectivity index is 0.000000203. The van der Waals surface area contributed by atoms with Crippen LogP contribution in [0.25, 0.3) is 54.8 Å². The number of hydrogen-bond acceptors (Lipinski definition) is 7. The minimum absolute atomic E-state index is 0.0222. The van der Waals surface area contributed by atoms with E-state index >= 15 is 0 Å². The van der Waals surface area contributed by atoms with E-state index < -0.39 is 28.7 Å². The zero-order valence-corrected chi connectivity index (χ0v) is 35.6. The van der Waals surface area contributed by atoms with Crippen LogP contribution in [-0.4, -0.2) is 34.1 Å². The Bertz CT molecular complexity index is 2670. The standard InChI is InChI=1S/C23H11Cl3F3NO2S.C17H10BrCl2NO2S/c24-17-7-5-11(9-18(17)25)19-10-33-21(30-19)12-4-6-13(15(8-12)22(31)32)14-2-1-3-16(20(14)26)23(27,28)29;1-23-17(22)11-6-10(2-4-12(11)18)16-21-15(8-24-16)9-3-5-13(19)14(20)7-9/h1-10H,(H,31,32);2-8H,1H3. The number of carboxylic acid groups (broad SMARTS) is 1. The van der Waals surface area contributed by atoms with Crippen molar-refractivity contribution >= 4 is 109 Å². The molecule has 0 aliphatic carbocycles. The van der Waals surface area contributed by atoms with Crippen LogP contribution < -0.4 is 0 Å². The fourth-order valence-corrected chi connectivity index (χ4v) is 8.35. The second-order valence-electron chi connectivity index (χ2n) is 11.8. The third kappa shape index (κ3) is 9.67. The van der Waals surface area contributed by atoms with Gasteiger partial charge in [0.25, 0.3) is 0 Å². The van der Waals surface area contributed by atoms with Gasteiger partial charge in [-0.15, -0.1) is 22.7 Å². The van der Waals surface area contributed by atoms with Crippen molar-refractivity contribution in [3.05, 3.63) is 148 Å². The molecule has 1 N–H and O–H groups in total. The van der Waals surface area contributed by atoms with E-state index in [0.717, 1.165) is 33.5 Å². The van der Waals surface area contributed by atoms with E-state index in [2.05, 4.69) is 25.9 Å². The molecule has 0 saturated carbocycles. The molecule has 2 aromatic heterocycles. The van der Waals surface area contributed by atoms with E-state index in [1.807, 2.05) is 23.6 Å². The Morgan fingerprint density at radius 2 is 1.18 bits per heavy atom. The number of thiazole rings is 2. The van der Waals surface area contributed by atoms with E-state index in [0.29, 0.717) is 46.4 Å². The van der Waals surface area contributed by atoms with Crippen molar-refractivity contribution in [3.8, 4) is 54.8 Å². The van der Waals surface area contributed by atoms with Crippen molar-refractivity contribution in [2.24, 2.45) is 0 Å². The lowest BCUT2D eigenvalue weighted by molar-refractivity contribution is -0.137. The van der Waals surface area contributed by atoms with Crippen LogP contribution in [0.3, 0.4) is 0 Å². The van der Waals surface area contributed by atoms with Crippen LogP contribution in [-0.2, 0) is 10.9 Å². The van der Waals surface area contributed by atoms with Gasteiger partial charge >= 0.3 is 18.1 Å². The molecule has 5 aromatic carbocycles. The number of carbonyl (C=O) groups excluding carboxylic acids is 1. The molecular formula is C40H21BrCl5F3N2O4S2. The molecule has 2 heterocycles. The molecule has 0 aliphatic rings. The molecular weight excluding hydrogens is 951 g/mol. The van der Waals surface area contributed by atoms with Gasteiger partial charge < -0.3 is 9.84 Å². The zero-order valence-electron chi connectivity index (χ0n) is 28.6. The summed E-state index contributed by atoms with van der Waals surface area (Å²) in [6, 6.07) is 23.7. The predicted octanol–water partition coefficient (Wildman–Crippen LogP) is 15.2. The summed E-state index contributed by atoms with van der Waals surface area (Å²) in [5.41, 5.74) is 3.66. The third-order valence-electron chi connectivity index (χ3n) is 8.15. The fourth-order valence-electron chi connectivity index (χ4n) is 5.36. The van der Waals surface area contributed by atoms with Crippen molar-refractivity contribution in [3.63, 3.8) is 0 Å². The average molecular weight is 972 g/mol. The number of nitrogens with zero attached hydrogens (tertiary/aromatic N) is 2. The largest absolute Gasteiger partial charge is 0.478 e. The number of aromatic nitrogens is 2. The normalized spacial score (nSPS) is 11.2. The maximum atomic E-state index is 13.3. The molecule has 6 nitrogen and oxygen atoms in total. The summed E-state index contributed by atoms with van der Waals surface area (Å²) in [6.45, 7) is 0. The first-order valence-electron chi connectivity index (χ1n) is 16.0. The van der Waals surface area contributed by atoms with Crippen LogP contribution in [0, 0.1) is 0 Å². The van der Waals surface area contributed by atoms with Crippen molar-refractivity contribution in [1.82, 2.24) is 9.97 Å². The number of hydrogen-bond donors (Lipinski definition) is 1. The summed E-state index contributed by atoms with van der Waals surface area (Å²) < 4.78 is 45.2. The minimum atomic E-state index is -4.67. The quantitative estimate of drug-likeness (QED) is 0.160. The summed E-state index contributed by atoms with van der Waals surface area (Å²) in [4.78, 5) is 32.9. The summed E-state index contributed by atoms with van der Waals surface area (Å²) in [7, 11) is 1.35. The first-order chi connectivity index (χ1) is 27.0. The SMILES string of the molecule is COC(=O)c1cc(-c2nc(-c3ccc(Cl)c(Cl)c3)cs2)ccc1Br.O=C(O)c1cc(-c2nc(-c3ccc(Cl)c(Cl)c3)cs2)ccc1-c1cccc(C(F)(F)F)c1Cl. The van der Waals surface area contributed by atoms with Gasteiger partial charge in [-0.3, -0.25) is 0 Å². The number of aromatic carboxylic acids is 1. The van der Waals surface area contributed by atoms with Gasteiger partial charge in [0, 0.05) is 43.1 Å². The fraction of sp³-hybridized carbons (Fsp3) is 0.0500. The molecule has 0 amide bonds.